The van der Waals surface area contributed by atoms with Crippen LogP contribution in [0.15, 0.2) is 0 Å². The van der Waals surface area contributed by atoms with E-state index in [1.165, 1.54) is 0 Å². The van der Waals surface area contributed by atoms with Crippen molar-refractivity contribution in [3.63, 3.8) is 0 Å². The predicted molar refractivity (Wildman–Crippen MR) is 57.9 cm³/mol. The molecule has 6 atom stereocenters. The Kier molecular flexibility index (Phi) is 5.48. The Bertz CT molecular complexity index is 388. The van der Waals surface area contributed by atoms with E-state index in [0.29, 0.717) is 0 Å². The largest absolute Gasteiger partial charge is 0.470 e. The topological polar surface area (TPSA) is 214 Å². The van der Waals surface area contributed by atoms with Gasteiger partial charge in [0.25, 0.3) is 0 Å². The molecule has 0 unspecified atom stereocenters. The van der Waals surface area contributed by atoms with Crippen LogP contribution in [0, 0.1) is 0 Å². The molecule has 0 aromatic rings. The molecule has 0 spiro atoms. The molecule has 1 aliphatic carbocycles. The lowest BCUT2D eigenvalue weighted by atomic mass is 9.85. The maximum absolute atomic E-state index is 10.7. The molecule has 1 saturated carbocycles. The van der Waals surface area contributed by atoms with Crippen LogP contribution < -0.4 is 0 Å². The van der Waals surface area contributed by atoms with Gasteiger partial charge in [-0.1, -0.05) is 0 Å². The van der Waals surface area contributed by atoms with Gasteiger partial charge in [-0.3, -0.25) is 9.05 Å². The molecule has 120 valence electrons. The first-order chi connectivity index (χ1) is 8.83. The lowest BCUT2D eigenvalue weighted by Crippen LogP contribution is -2.64. The molecule has 0 aromatic carbocycles. The van der Waals surface area contributed by atoms with E-state index < -0.39 is 52.3 Å². The van der Waals surface area contributed by atoms with E-state index in [2.05, 4.69) is 9.05 Å². The van der Waals surface area contributed by atoms with Crippen molar-refractivity contribution in [2.24, 2.45) is 0 Å². The van der Waals surface area contributed by atoms with Crippen LogP contribution in [0.2, 0.25) is 0 Å². The second-order valence-electron chi connectivity index (χ2n) is 4.08. The number of aliphatic hydroxyl groups excluding tert-OH is 4. The first kappa shape index (κ1) is 18.1. The first-order valence-electron chi connectivity index (χ1n) is 5.03. The molecule has 0 aromatic heterocycles. The number of hydrogen-bond donors (Lipinski definition) is 8. The molecule has 1 rings (SSSR count). The monoisotopic (exact) mass is 340 g/mol. The lowest BCUT2D eigenvalue weighted by molar-refractivity contribution is -0.216. The molecule has 0 radical (unpaired) electrons. The van der Waals surface area contributed by atoms with E-state index in [1.54, 1.807) is 0 Å². The number of hydrogen-bond acceptors (Lipinski definition) is 8. The minimum Gasteiger partial charge on any atom is -0.387 e. The molecular formula is C6H14O12P2. The highest BCUT2D eigenvalue weighted by atomic mass is 31.2. The van der Waals surface area contributed by atoms with E-state index in [4.69, 9.17) is 19.6 Å². The molecule has 0 aliphatic heterocycles. The quantitative estimate of drug-likeness (QED) is 0.233. The number of rotatable bonds is 4. The molecule has 20 heavy (non-hydrogen) atoms. The summed E-state index contributed by atoms with van der Waals surface area (Å²) in [5.74, 6) is 0. The van der Waals surface area contributed by atoms with Gasteiger partial charge in [0.05, 0.1) is 0 Å². The van der Waals surface area contributed by atoms with Gasteiger partial charge in [0.15, 0.2) is 0 Å². The minimum absolute atomic E-state index is 2.07. The predicted octanol–water partition coefficient (Wildman–Crippen LogP) is -3.60. The highest BCUT2D eigenvalue weighted by molar-refractivity contribution is 7.46. The van der Waals surface area contributed by atoms with Crippen LogP contribution in [0.4, 0.5) is 0 Å². The van der Waals surface area contributed by atoms with Crippen LogP contribution in [0.5, 0.6) is 0 Å². The van der Waals surface area contributed by atoms with Crippen LogP contribution in [0.1, 0.15) is 0 Å². The molecule has 0 amide bonds. The average Bonchev–Trinajstić information content (AvgIpc) is 2.25. The van der Waals surface area contributed by atoms with Crippen LogP contribution in [0.25, 0.3) is 0 Å². The van der Waals surface area contributed by atoms with Crippen molar-refractivity contribution in [1.82, 2.24) is 0 Å². The highest BCUT2D eigenvalue weighted by Crippen LogP contribution is 2.46. The second kappa shape index (κ2) is 6.05. The summed E-state index contributed by atoms with van der Waals surface area (Å²) in [6.07, 6.45) is -12.8. The van der Waals surface area contributed by atoms with Crippen molar-refractivity contribution in [2.45, 2.75) is 36.6 Å². The van der Waals surface area contributed by atoms with Gasteiger partial charge in [0, 0.05) is 0 Å². The van der Waals surface area contributed by atoms with Crippen LogP contribution in [-0.2, 0) is 18.2 Å². The molecule has 1 fully saturated rings. The Morgan fingerprint density at radius 3 is 1.05 bits per heavy atom. The summed E-state index contributed by atoms with van der Waals surface area (Å²) in [7, 11) is -10.5. The van der Waals surface area contributed by atoms with E-state index >= 15 is 0 Å². The van der Waals surface area contributed by atoms with E-state index in [-0.39, 0.29) is 0 Å². The number of aliphatic hydroxyl groups is 4. The van der Waals surface area contributed by atoms with Crippen molar-refractivity contribution in [2.75, 3.05) is 0 Å². The number of phosphoric acid groups is 2. The zero-order valence-electron chi connectivity index (χ0n) is 9.57. The molecule has 8 N–H and O–H groups in total. The van der Waals surface area contributed by atoms with Gasteiger partial charge in [-0.25, -0.2) is 9.13 Å². The minimum atomic E-state index is -5.24. The molecule has 1 aliphatic rings. The van der Waals surface area contributed by atoms with E-state index in [9.17, 15) is 29.6 Å². The molecule has 0 bridgehead atoms. The third kappa shape index (κ3) is 4.53. The van der Waals surface area contributed by atoms with Gasteiger partial charge in [-0.2, -0.15) is 0 Å². The first-order valence-corrected chi connectivity index (χ1v) is 8.10. The van der Waals surface area contributed by atoms with E-state index in [0.717, 1.165) is 0 Å². The fraction of sp³-hybridized carbons (Fsp3) is 1.00. The zero-order valence-corrected chi connectivity index (χ0v) is 11.4. The summed E-state index contributed by atoms with van der Waals surface area (Å²) < 4.78 is 29.6. The van der Waals surface area contributed by atoms with Crippen molar-refractivity contribution in [3.05, 3.63) is 0 Å². The highest BCUT2D eigenvalue weighted by Gasteiger charge is 2.53. The molecule has 0 saturated heterocycles. The normalized spacial score (nSPS) is 39.8. The maximum Gasteiger partial charge on any atom is 0.470 e. The molecular weight excluding hydrogens is 326 g/mol. The lowest BCUT2D eigenvalue weighted by Gasteiger charge is -2.42. The summed E-state index contributed by atoms with van der Waals surface area (Å²) in [6, 6.07) is 0. The van der Waals surface area contributed by atoms with Crippen molar-refractivity contribution >= 4 is 15.6 Å². The van der Waals surface area contributed by atoms with Gasteiger partial charge in [-0.15, -0.1) is 0 Å². The summed E-state index contributed by atoms with van der Waals surface area (Å²) >= 11 is 0. The van der Waals surface area contributed by atoms with Gasteiger partial charge >= 0.3 is 15.6 Å². The number of phosphoric ester groups is 2. The van der Waals surface area contributed by atoms with Crippen molar-refractivity contribution in [3.8, 4) is 0 Å². The van der Waals surface area contributed by atoms with Gasteiger partial charge in [0.1, 0.15) is 36.6 Å². The Morgan fingerprint density at radius 2 is 0.850 bits per heavy atom. The Morgan fingerprint density at radius 1 is 0.600 bits per heavy atom. The Balaban J connectivity index is 3.09. The fourth-order valence-electron chi connectivity index (χ4n) is 1.74. The fourth-order valence-corrected chi connectivity index (χ4v) is 2.87. The van der Waals surface area contributed by atoms with Gasteiger partial charge in [-0.05, 0) is 0 Å². The van der Waals surface area contributed by atoms with Crippen LogP contribution in [0.3, 0.4) is 0 Å². The summed E-state index contributed by atoms with van der Waals surface area (Å²) in [4.78, 5) is 34.6. The van der Waals surface area contributed by atoms with Crippen LogP contribution in [-0.4, -0.2) is 76.6 Å². The molecule has 12 nitrogen and oxygen atoms in total. The standard InChI is InChI=1S/C6H14O12P2/c7-1-2(8)4(10)6(18-20(14,15)16)5(3(1)9)17-19(11,12)13/h1-10H,(H2,11,12,13)(H2,14,15,16)/t1-,2+,3+,4-,5-,6+. The zero-order chi connectivity index (χ0) is 15.9. The van der Waals surface area contributed by atoms with Crippen molar-refractivity contribution < 1.29 is 58.2 Å². The smallest absolute Gasteiger partial charge is 0.387 e. The maximum atomic E-state index is 10.7. The third-order valence-electron chi connectivity index (χ3n) is 2.56. The average molecular weight is 340 g/mol. The third-order valence-corrected chi connectivity index (χ3v) is 3.60. The van der Waals surface area contributed by atoms with Crippen LogP contribution >= 0.6 is 15.6 Å². The molecule has 14 heteroatoms. The molecule has 0 heterocycles. The van der Waals surface area contributed by atoms with Gasteiger partial charge < -0.3 is 40.0 Å². The SMILES string of the molecule is O=P(O)(O)O[C@@H]1[C@@H](O)[C@H](O)[C@H](O)[C@@H](O)[C@@H]1OP(=O)(O)O. The van der Waals surface area contributed by atoms with E-state index in [1.807, 2.05) is 0 Å². The van der Waals surface area contributed by atoms with Crippen molar-refractivity contribution in [1.29, 1.82) is 0 Å². The Labute approximate surface area is 111 Å². The Hall–Kier alpha value is 0.0600. The summed E-state index contributed by atoms with van der Waals surface area (Å²) in [5.41, 5.74) is 0. The van der Waals surface area contributed by atoms with Gasteiger partial charge in [0.2, 0.25) is 0 Å². The second-order valence-corrected chi connectivity index (χ2v) is 6.47. The summed E-state index contributed by atoms with van der Waals surface area (Å²) in [5, 5.41) is 37.8. The summed E-state index contributed by atoms with van der Waals surface area (Å²) in [6.45, 7) is 0.